The smallest absolute Gasteiger partial charge is 0.275 e. The van der Waals surface area contributed by atoms with E-state index in [-0.39, 0.29) is 11.9 Å². The molecule has 4 heterocycles. The zero-order chi connectivity index (χ0) is 19.1. The third-order valence-electron chi connectivity index (χ3n) is 5.26. The first-order valence-corrected chi connectivity index (χ1v) is 9.67. The summed E-state index contributed by atoms with van der Waals surface area (Å²) in [6, 6.07) is 4.36. The molecule has 0 bridgehead atoms. The number of hydrogen-bond donors (Lipinski definition) is 1. The summed E-state index contributed by atoms with van der Waals surface area (Å²) in [5, 5.41) is 7.68. The number of nitrogens with one attached hydrogen (secondary N) is 1. The summed E-state index contributed by atoms with van der Waals surface area (Å²) in [4.78, 5) is 23.3. The number of aromatic nitrogens is 4. The van der Waals surface area contributed by atoms with Crippen LogP contribution in [0.2, 0.25) is 0 Å². The van der Waals surface area contributed by atoms with Gasteiger partial charge in [-0.25, -0.2) is 14.6 Å². The number of carbonyl (C=O) groups is 1. The SMILES string of the molecule is C[C@H]1CN(C(=O)c2coc(-c3cnn(-c4ccc(C5CC5)cn4)c3)n2)CCN1. The van der Waals surface area contributed by atoms with E-state index in [4.69, 9.17) is 4.42 Å². The summed E-state index contributed by atoms with van der Waals surface area (Å²) < 4.78 is 7.24. The number of amides is 1. The Labute approximate surface area is 162 Å². The molecule has 2 aliphatic rings. The molecule has 2 fully saturated rings. The zero-order valence-electron chi connectivity index (χ0n) is 15.7. The van der Waals surface area contributed by atoms with E-state index in [9.17, 15) is 4.79 Å². The van der Waals surface area contributed by atoms with Gasteiger partial charge < -0.3 is 14.6 Å². The molecule has 3 aromatic rings. The van der Waals surface area contributed by atoms with Crippen molar-refractivity contribution in [3.63, 3.8) is 0 Å². The molecule has 144 valence electrons. The van der Waals surface area contributed by atoms with Gasteiger partial charge >= 0.3 is 0 Å². The summed E-state index contributed by atoms with van der Waals surface area (Å²) >= 11 is 0. The minimum Gasteiger partial charge on any atom is -0.444 e. The van der Waals surface area contributed by atoms with Gasteiger partial charge in [-0.3, -0.25) is 4.79 Å². The highest BCUT2D eigenvalue weighted by Crippen LogP contribution is 2.39. The molecule has 1 atom stereocenters. The molecule has 1 saturated carbocycles. The maximum Gasteiger partial charge on any atom is 0.275 e. The summed E-state index contributed by atoms with van der Waals surface area (Å²) in [6.07, 6.45) is 9.33. The van der Waals surface area contributed by atoms with Crippen molar-refractivity contribution >= 4 is 5.91 Å². The van der Waals surface area contributed by atoms with Crippen LogP contribution in [0.1, 0.15) is 41.7 Å². The van der Waals surface area contributed by atoms with Gasteiger partial charge in [-0.2, -0.15) is 5.10 Å². The van der Waals surface area contributed by atoms with Crippen LogP contribution in [0.4, 0.5) is 0 Å². The quantitative estimate of drug-likeness (QED) is 0.749. The number of piperazine rings is 1. The summed E-state index contributed by atoms with van der Waals surface area (Å²) in [5.74, 6) is 1.70. The Hall–Kier alpha value is -3.00. The van der Waals surface area contributed by atoms with Crippen molar-refractivity contribution in [1.82, 2.24) is 30.0 Å². The van der Waals surface area contributed by atoms with Crippen LogP contribution in [0.3, 0.4) is 0 Å². The Kier molecular flexibility index (Phi) is 4.20. The fourth-order valence-electron chi connectivity index (χ4n) is 3.53. The van der Waals surface area contributed by atoms with Crippen molar-refractivity contribution in [2.45, 2.75) is 31.7 Å². The van der Waals surface area contributed by atoms with Crippen LogP contribution >= 0.6 is 0 Å². The van der Waals surface area contributed by atoms with Gasteiger partial charge in [0.25, 0.3) is 5.91 Å². The minimum absolute atomic E-state index is 0.104. The average molecular weight is 378 g/mol. The molecule has 0 spiro atoms. The maximum absolute atomic E-state index is 12.7. The van der Waals surface area contributed by atoms with Crippen LogP contribution in [-0.2, 0) is 0 Å². The van der Waals surface area contributed by atoms with Gasteiger partial charge in [0.2, 0.25) is 5.89 Å². The number of oxazole rings is 1. The topological polar surface area (TPSA) is 89.1 Å². The monoisotopic (exact) mass is 378 g/mol. The van der Waals surface area contributed by atoms with Crippen molar-refractivity contribution < 1.29 is 9.21 Å². The molecule has 0 aromatic carbocycles. The van der Waals surface area contributed by atoms with Crippen LogP contribution in [0.15, 0.2) is 41.4 Å². The van der Waals surface area contributed by atoms with Crippen molar-refractivity contribution in [2.24, 2.45) is 0 Å². The molecule has 3 aromatic heterocycles. The van der Waals surface area contributed by atoms with Crippen LogP contribution < -0.4 is 5.32 Å². The number of nitrogens with zero attached hydrogens (tertiary/aromatic N) is 5. The van der Waals surface area contributed by atoms with Crippen molar-refractivity contribution in [2.75, 3.05) is 19.6 Å². The Morgan fingerprint density at radius 3 is 2.93 bits per heavy atom. The summed E-state index contributed by atoms with van der Waals surface area (Å²) in [7, 11) is 0. The van der Waals surface area contributed by atoms with Gasteiger partial charge in [-0.05, 0) is 37.3 Å². The van der Waals surface area contributed by atoms with E-state index in [1.54, 1.807) is 15.8 Å². The van der Waals surface area contributed by atoms with Crippen molar-refractivity contribution in [3.8, 4) is 17.3 Å². The molecule has 1 N–H and O–H groups in total. The predicted molar refractivity (Wildman–Crippen MR) is 102 cm³/mol. The van der Waals surface area contributed by atoms with Crippen LogP contribution in [0.25, 0.3) is 17.3 Å². The third kappa shape index (κ3) is 3.31. The maximum atomic E-state index is 12.7. The molecule has 1 amide bonds. The first-order chi connectivity index (χ1) is 13.7. The lowest BCUT2D eigenvalue weighted by atomic mass is 10.2. The minimum atomic E-state index is -0.104. The third-order valence-corrected chi connectivity index (χ3v) is 5.26. The molecule has 8 heteroatoms. The Bertz CT molecular complexity index is 988. The number of hydrogen-bond acceptors (Lipinski definition) is 6. The molecule has 1 aliphatic carbocycles. The predicted octanol–water partition coefficient (Wildman–Crippen LogP) is 2.23. The fourth-order valence-corrected chi connectivity index (χ4v) is 3.53. The second-order valence-corrected chi connectivity index (χ2v) is 7.54. The van der Waals surface area contributed by atoms with E-state index >= 15 is 0 Å². The molecular formula is C20H22N6O2. The van der Waals surface area contributed by atoms with Gasteiger partial charge in [-0.1, -0.05) is 6.07 Å². The highest BCUT2D eigenvalue weighted by Gasteiger charge is 2.25. The molecule has 8 nitrogen and oxygen atoms in total. The Morgan fingerprint density at radius 2 is 2.18 bits per heavy atom. The van der Waals surface area contributed by atoms with Gasteiger partial charge in [-0.15, -0.1) is 0 Å². The average Bonchev–Trinajstić information content (AvgIpc) is 3.25. The first-order valence-electron chi connectivity index (χ1n) is 9.67. The second kappa shape index (κ2) is 6.87. The van der Waals surface area contributed by atoms with E-state index < -0.39 is 0 Å². The van der Waals surface area contributed by atoms with Gasteiger partial charge in [0.15, 0.2) is 11.5 Å². The second-order valence-electron chi connectivity index (χ2n) is 7.54. The normalized spacial score (nSPS) is 19.8. The first kappa shape index (κ1) is 17.1. The number of carbonyl (C=O) groups excluding carboxylic acids is 1. The Morgan fingerprint density at radius 1 is 1.29 bits per heavy atom. The molecule has 1 aliphatic heterocycles. The highest BCUT2D eigenvalue weighted by molar-refractivity contribution is 5.92. The van der Waals surface area contributed by atoms with E-state index in [0.29, 0.717) is 36.2 Å². The van der Waals surface area contributed by atoms with Crippen molar-refractivity contribution in [1.29, 1.82) is 0 Å². The summed E-state index contributed by atoms with van der Waals surface area (Å²) in [6.45, 7) is 4.19. The summed E-state index contributed by atoms with van der Waals surface area (Å²) in [5.41, 5.74) is 2.32. The molecular weight excluding hydrogens is 356 g/mol. The van der Waals surface area contributed by atoms with Crippen molar-refractivity contribution in [3.05, 3.63) is 48.2 Å². The Balaban J connectivity index is 1.32. The van der Waals surface area contributed by atoms with E-state index in [1.807, 2.05) is 18.5 Å². The standard InChI is InChI=1S/C20H22N6O2/c1-13-10-25(7-6-21-13)20(27)17-12-28-19(24-17)16-9-23-26(11-16)18-5-4-15(8-22-18)14-2-3-14/h4-5,8-9,11-14,21H,2-3,6-7,10H2,1H3/t13-/m0/s1. The van der Waals surface area contributed by atoms with Gasteiger partial charge in [0.1, 0.15) is 6.26 Å². The number of rotatable bonds is 4. The lowest BCUT2D eigenvalue weighted by Gasteiger charge is -2.31. The molecule has 0 radical (unpaired) electrons. The number of pyridine rings is 1. The highest BCUT2D eigenvalue weighted by atomic mass is 16.3. The molecule has 1 saturated heterocycles. The van der Waals surface area contributed by atoms with E-state index in [0.717, 1.165) is 12.4 Å². The lowest BCUT2D eigenvalue weighted by Crippen LogP contribution is -2.51. The van der Waals surface area contributed by atoms with Crippen LogP contribution in [0.5, 0.6) is 0 Å². The van der Waals surface area contributed by atoms with E-state index in [1.165, 1.54) is 24.7 Å². The lowest BCUT2D eigenvalue weighted by molar-refractivity contribution is 0.0703. The fraction of sp³-hybridized carbons (Fsp3) is 0.400. The van der Waals surface area contributed by atoms with Crippen LogP contribution in [0, 0.1) is 0 Å². The van der Waals surface area contributed by atoms with Crippen LogP contribution in [-0.4, -0.2) is 56.2 Å². The molecule has 5 rings (SSSR count). The molecule has 0 unspecified atom stereocenters. The molecule has 28 heavy (non-hydrogen) atoms. The largest absolute Gasteiger partial charge is 0.444 e. The van der Waals surface area contributed by atoms with E-state index in [2.05, 4.69) is 33.4 Å². The van der Waals surface area contributed by atoms with Gasteiger partial charge in [0, 0.05) is 38.1 Å². The zero-order valence-corrected chi connectivity index (χ0v) is 15.7. The van der Waals surface area contributed by atoms with Gasteiger partial charge in [0.05, 0.1) is 11.8 Å².